The van der Waals surface area contributed by atoms with Gasteiger partial charge in [0.15, 0.2) is 17.1 Å². The highest BCUT2D eigenvalue weighted by Crippen LogP contribution is 2.25. The van der Waals surface area contributed by atoms with Crippen LogP contribution < -0.4 is 4.74 Å². The zero-order valence-electron chi connectivity index (χ0n) is 13.2. The Labute approximate surface area is 135 Å². The first-order chi connectivity index (χ1) is 10.9. The molecule has 0 bridgehead atoms. The summed E-state index contributed by atoms with van der Waals surface area (Å²) in [6, 6.07) is 13.6. The van der Waals surface area contributed by atoms with Gasteiger partial charge in [-0.05, 0) is 43.7 Å². The molecule has 0 aliphatic rings. The van der Waals surface area contributed by atoms with Crippen LogP contribution >= 0.6 is 0 Å². The van der Waals surface area contributed by atoms with Crippen LogP contribution in [0.2, 0.25) is 0 Å². The number of hydrogen-bond acceptors (Lipinski definition) is 5. The molecule has 0 amide bonds. The molecule has 5 nitrogen and oxygen atoms in total. The number of hydrogen-bond donors (Lipinski definition) is 2. The maximum Gasteiger partial charge on any atom is 0.349 e. The van der Waals surface area contributed by atoms with Gasteiger partial charge in [0.25, 0.3) is 0 Å². The Morgan fingerprint density at radius 2 is 1.74 bits per heavy atom. The van der Waals surface area contributed by atoms with Crippen LogP contribution in [0.1, 0.15) is 19.4 Å². The number of para-hydroxylation sites is 1. The minimum Gasteiger partial charge on any atom is -0.504 e. The summed E-state index contributed by atoms with van der Waals surface area (Å²) >= 11 is 0. The van der Waals surface area contributed by atoms with Crippen molar-refractivity contribution in [1.29, 1.82) is 0 Å². The summed E-state index contributed by atoms with van der Waals surface area (Å²) in [5, 5.41) is 18.7. The highest BCUT2D eigenvalue weighted by molar-refractivity contribution is 5.79. The lowest BCUT2D eigenvalue weighted by Crippen LogP contribution is -2.40. The van der Waals surface area contributed by atoms with E-state index in [1.54, 1.807) is 32.0 Å². The van der Waals surface area contributed by atoms with Crippen LogP contribution in [0, 0.1) is 0 Å². The summed E-state index contributed by atoms with van der Waals surface area (Å²) in [7, 11) is 0. The number of esters is 1. The summed E-state index contributed by atoms with van der Waals surface area (Å²) in [6.07, 6.45) is 0.432. The van der Waals surface area contributed by atoms with Gasteiger partial charge in [-0.2, -0.15) is 0 Å². The van der Waals surface area contributed by atoms with E-state index in [0.29, 0.717) is 12.2 Å². The summed E-state index contributed by atoms with van der Waals surface area (Å²) in [4.78, 5) is 12.1. The maximum absolute atomic E-state index is 12.1. The Hall–Kier alpha value is -2.69. The molecule has 0 aliphatic heterocycles. The second kappa shape index (κ2) is 7.05. The molecule has 0 heterocycles. The average Bonchev–Trinajstić information content (AvgIpc) is 2.51. The van der Waals surface area contributed by atoms with Crippen molar-refractivity contribution < 1.29 is 24.5 Å². The first-order valence-electron chi connectivity index (χ1n) is 7.30. The highest BCUT2D eigenvalue weighted by Gasteiger charge is 2.31. The van der Waals surface area contributed by atoms with E-state index in [9.17, 15) is 15.0 Å². The predicted molar refractivity (Wildman–Crippen MR) is 85.6 cm³/mol. The van der Waals surface area contributed by atoms with Crippen LogP contribution in [0.4, 0.5) is 0 Å². The third-order valence-electron chi connectivity index (χ3n) is 3.27. The molecule has 0 atom stereocenters. The summed E-state index contributed by atoms with van der Waals surface area (Å²) in [5.74, 6) is -0.244. The fourth-order valence-electron chi connectivity index (χ4n) is 1.98. The van der Waals surface area contributed by atoms with Gasteiger partial charge in [-0.25, -0.2) is 4.79 Å². The number of ether oxygens (including phenoxy) is 2. The molecule has 0 aliphatic carbocycles. The van der Waals surface area contributed by atoms with Crippen LogP contribution in [0.3, 0.4) is 0 Å². The van der Waals surface area contributed by atoms with E-state index in [1.165, 1.54) is 12.1 Å². The van der Waals surface area contributed by atoms with Gasteiger partial charge < -0.3 is 19.7 Å². The molecular weight excluding hydrogens is 296 g/mol. The number of rotatable bonds is 6. The van der Waals surface area contributed by atoms with Crippen LogP contribution in [0.5, 0.6) is 17.2 Å². The molecule has 0 fully saturated rings. The van der Waals surface area contributed by atoms with E-state index >= 15 is 0 Å². The largest absolute Gasteiger partial charge is 0.504 e. The van der Waals surface area contributed by atoms with Gasteiger partial charge in [-0.3, -0.25) is 0 Å². The lowest BCUT2D eigenvalue weighted by atomic mass is 10.1. The lowest BCUT2D eigenvalue weighted by Gasteiger charge is -2.24. The van der Waals surface area contributed by atoms with E-state index in [2.05, 4.69) is 0 Å². The molecule has 2 N–H and O–H groups in total. The Bertz CT molecular complexity index is 664. The fraction of sp³-hybridized carbons (Fsp3) is 0.278. The van der Waals surface area contributed by atoms with Crippen molar-refractivity contribution in [2.75, 3.05) is 6.61 Å². The van der Waals surface area contributed by atoms with Gasteiger partial charge in [-0.15, -0.1) is 0 Å². The number of carbonyl (C=O) groups is 1. The molecule has 0 unspecified atom stereocenters. The van der Waals surface area contributed by atoms with Gasteiger partial charge in [-0.1, -0.05) is 24.3 Å². The summed E-state index contributed by atoms with van der Waals surface area (Å²) < 4.78 is 10.9. The first kappa shape index (κ1) is 16.7. The monoisotopic (exact) mass is 316 g/mol. The van der Waals surface area contributed by atoms with Gasteiger partial charge >= 0.3 is 5.97 Å². The van der Waals surface area contributed by atoms with Crippen molar-refractivity contribution in [1.82, 2.24) is 0 Å². The lowest BCUT2D eigenvalue weighted by molar-refractivity contribution is -0.159. The van der Waals surface area contributed by atoms with Gasteiger partial charge in [0.05, 0.1) is 6.61 Å². The number of aromatic hydroxyl groups is 2. The third kappa shape index (κ3) is 4.64. The van der Waals surface area contributed by atoms with E-state index in [1.807, 2.05) is 18.2 Å². The molecule has 0 aromatic heterocycles. The van der Waals surface area contributed by atoms with E-state index in [-0.39, 0.29) is 18.1 Å². The Morgan fingerprint density at radius 1 is 1.04 bits per heavy atom. The Morgan fingerprint density at radius 3 is 2.39 bits per heavy atom. The molecule has 2 rings (SSSR count). The first-order valence-corrected chi connectivity index (χ1v) is 7.30. The van der Waals surface area contributed by atoms with Crippen molar-refractivity contribution in [3.8, 4) is 17.2 Å². The van der Waals surface area contributed by atoms with Crippen LogP contribution in [-0.4, -0.2) is 28.4 Å². The van der Waals surface area contributed by atoms with Gasteiger partial charge in [0.2, 0.25) is 0 Å². The van der Waals surface area contributed by atoms with E-state index < -0.39 is 11.6 Å². The Kier molecular flexibility index (Phi) is 5.11. The normalized spacial score (nSPS) is 11.0. The number of phenols is 2. The molecule has 2 aromatic rings. The van der Waals surface area contributed by atoms with Crippen molar-refractivity contribution in [2.45, 2.75) is 25.9 Å². The van der Waals surface area contributed by atoms with Crippen molar-refractivity contribution >= 4 is 5.97 Å². The maximum atomic E-state index is 12.1. The molecular formula is C18H20O5. The highest BCUT2D eigenvalue weighted by atomic mass is 16.6. The third-order valence-corrected chi connectivity index (χ3v) is 3.27. The smallest absolute Gasteiger partial charge is 0.349 e. The van der Waals surface area contributed by atoms with Crippen molar-refractivity contribution in [3.05, 3.63) is 54.1 Å². The molecule has 0 saturated heterocycles. The Balaban J connectivity index is 1.87. The zero-order valence-corrected chi connectivity index (χ0v) is 13.2. The second-order valence-electron chi connectivity index (χ2n) is 5.63. The van der Waals surface area contributed by atoms with E-state index in [0.717, 1.165) is 5.56 Å². The zero-order chi connectivity index (χ0) is 16.9. The van der Waals surface area contributed by atoms with Crippen LogP contribution in [0.25, 0.3) is 0 Å². The molecule has 5 heteroatoms. The molecule has 0 spiro atoms. The number of benzene rings is 2. The van der Waals surface area contributed by atoms with Gasteiger partial charge in [0, 0.05) is 6.42 Å². The fourth-order valence-corrected chi connectivity index (χ4v) is 1.98. The SMILES string of the molecule is CC(C)(Oc1ccccc1)C(=O)OCCc1ccc(O)c(O)c1. The van der Waals surface area contributed by atoms with Crippen molar-refractivity contribution in [3.63, 3.8) is 0 Å². The summed E-state index contributed by atoms with van der Waals surface area (Å²) in [5.41, 5.74) is -0.340. The minimum atomic E-state index is -1.10. The molecule has 2 aromatic carbocycles. The molecule has 0 radical (unpaired) electrons. The molecule has 0 saturated carbocycles. The molecule has 23 heavy (non-hydrogen) atoms. The summed E-state index contributed by atoms with van der Waals surface area (Å²) in [6.45, 7) is 3.45. The van der Waals surface area contributed by atoms with Gasteiger partial charge in [0.1, 0.15) is 5.75 Å². The predicted octanol–water partition coefficient (Wildman–Crippen LogP) is 3.04. The number of carbonyl (C=O) groups excluding carboxylic acids is 1. The topological polar surface area (TPSA) is 76.0 Å². The average molecular weight is 316 g/mol. The second-order valence-corrected chi connectivity index (χ2v) is 5.63. The van der Waals surface area contributed by atoms with Crippen LogP contribution in [0.15, 0.2) is 48.5 Å². The minimum absolute atomic E-state index is 0.157. The van der Waals surface area contributed by atoms with Crippen molar-refractivity contribution in [2.24, 2.45) is 0 Å². The molecule has 122 valence electrons. The standard InChI is InChI=1S/C18H20O5/c1-18(2,23-14-6-4-3-5-7-14)17(21)22-11-10-13-8-9-15(19)16(20)12-13/h3-9,12,19-20H,10-11H2,1-2H3. The number of phenolic OH excluding ortho intramolecular Hbond substituents is 2. The van der Waals surface area contributed by atoms with E-state index in [4.69, 9.17) is 9.47 Å². The van der Waals surface area contributed by atoms with Crippen LogP contribution in [-0.2, 0) is 16.0 Å². The quantitative estimate of drug-likeness (QED) is 0.633.